The molecule has 10 nitrogen and oxygen atoms in total. The molecule has 0 radical (unpaired) electrons. The third-order valence-corrected chi connectivity index (χ3v) is 10.0. The average Bonchev–Trinajstić information content (AvgIpc) is 3.43. The molecule has 1 saturated carbocycles. The predicted molar refractivity (Wildman–Crippen MR) is 144 cm³/mol. The Kier molecular flexibility index (Phi) is 6.61. The molecule has 1 aliphatic carbocycles. The lowest BCUT2D eigenvalue weighted by molar-refractivity contribution is 0.102. The van der Waals surface area contributed by atoms with E-state index in [1.165, 1.54) is 17.1 Å². The van der Waals surface area contributed by atoms with Crippen molar-refractivity contribution in [1.29, 1.82) is 0 Å². The van der Waals surface area contributed by atoms with Gasteiger partial charge in [0.1, 0.15) is 0 Å². The minimum Gasteiger partial charge on any atom is -0.395 e. The van der Waals surface area contributed by atoms with E-state index in [1.54, 1.807) is 36.4 Å². The first-order chi connectivity index (χ1) is 17.5. The molecule has 0 unspecified atom stereocenters. The van der Waals surface area contributed by atoms with Gasteiger partial charge in [-0.2, -0.15) is 0 Å². The standard InChI is InChI=1S/C25H32N4O6S2/c1-36(32,33)29-11-6-18-2-3-19(16-22(18)29)24(31)26-21-5-4-20(27-37(34,35)15-14-30)17-23(21)28-12-9-25(7-8-25)10-13-28/h2-5,16-17,27,30H,6-15H2,1H3,(H,26,31). The zero-order valence-corrected chi connectivity index (χ0v) is 22.4. The van der Waals surface area contributed by atoms with Crippen LogP contribution in [0.4, 0.5) is 22.7 Å². The summed E-state index contributed by atoms with van der Waals surface area (Å²) >= 11 is 0. The van der Waals surface area contributed by atoms with Crippen molar-refractivity contribution < 1.29 is 26.7 Å². The van der Waals surface area contributed by atoms with Gasteiger partial charge in [0, 0.05) is 25.2 Å². The minimum atomic E-state index is -3.70. The second kappa shape index (κ2) is 9.48. The van der Waals surface area contributed by atoms with E-state index in [4.69, 9.17) is 5.11 Å². The monoisotopic (exact) mass is 548 g/mol. The second-order valence-corrected chi connectivity index (χ2v) is 14.0. The Morgan fingerprint density at radius 1 is 0.973 bits per heavy atom. The SMILES string of the molecule is CS(=O)(=O)N1CCc2ccc(C(=O)Nc3ccc(NS(=O)(=O)CCO)cc3N3CCC4(CC3)CC4)cc21. The fraction of sp³-hybridized carbons (Fsp3) is 0.480. The van der Waals surface area contributed by atoms with Crippen LogP contribution < -0.4 is 19.2 Å². The lowest BCUT2D eigenvalue weighted by Gasteiger charge is -2.35. The molecule has 1 spiro atoms. The highest BCUT2D eigenvalue weighted by molar-refractivity contribution is 7.92. The smallest absolute Gasteiger partial charge is 0.255 e. The number of piperidine rings is 1. The molecule has 1 amide bonds. The molecule has 2 aliphatic heterocycles. The van der Waals surface area contributed by atoms with E-state index >= 15 is 0 Å². The quantitative estimate of drug-likeness (QED) is 0.461. The number of aliphatic hydroxyl groups is 1. The highest BCUT2D eigenvalue weighted by Gasteiger charge is 2.44. The summed E-state index contributed by atoms with van der Waals surface area (Å²) in [7, 11) is -7.15. The fourth-order valence-electron chi connectivity index (χ4n) is 5.24. The van der Waals surface area contributed by atoms with Crippen LogP contribution in [0.3, 0.4) is 0 Å². The van der Waals surface area contributed by atoms with Crippen LogP contribution in [0.15, 0.2) is 36.4 Å². The molecule has 12 heteroatoms. The van der Waals surface area contributed by atoms with Crippen molar-refractivity contribution in [3.8, 4) is 0 Å². The lowest BCUT2D eigenvalue weighted by Crippen LogP contribution is -2.35. The first-order valence-electron chi connectivity index (χ1n) is 12.4. The number of benzene rings is 2. The van der Waals surface area contributed by atoms with Crippen LogP contribution in [-0.4, -0.2) is 66.1 Å². The number of aliphatic hydroxyl groups excluding tert-OH is 1. The summed E-state index contributed by atoms with van der Waals surface area (Å²) < 4.78 is 52.6. The number of carbonyl (C=O) groups is 1. The van der Waals surface area contributed by atoms with Crippen molar-refractivity contribution >= 4 is 48.7 Å². The molecular formula is C25H32N4O6S2. The maximum absolute atomic E-state index is 13.3. The Morgan fingerprint density at radius 3 is 2.35 bits per heavy atom. The summed E-state index contributed by atoms with van der Waals surface area (Å²) in [5, 5.41) is 12.0. The number of fused-ring (bicyclic) bond motifs is 1. The van der Waals surface area contributed by atoms with E-state index in [0.717, 1.165) is 37.8 Å². The molecule has 3 aliphatic rings. The van der Waals surface area contributed by atoms with Crippen molar-refractivity contribution in [2.24, 2.45) is 5.41 Å². The number of nitrogens with one attached hydrogen (secondary N) is 2. The summed E-state index contributed by atoms with van der Waals surface area (Å²) in [5.74, 6) is -0.788. The van der Waals surface area contributed by atoms with Gasteiger partial charge in [-0.1, -0.05) is 6.07 Å². The van der Waals surface area contributed by atoms with Gasteiger partial charge in [-0.25, -0.2) is 16.8 Å². The molecule has 2 heterocycles. The van der Waals surface area contributed by atoms with Crippen LogP contribution in [0.1, 0.15) is 41.6 Å². The number of carbonyl (C=O) groups excluding carboxylic acids is 1. The van der Waals surface area contributed by atoms with Crippen molar-refractivity contribution in [2.45, 2.75) is 32.1 Å². The van der Waals surface area contributed by atoms with Crippen molar-refractivity contribution in [1.82, 2.24) is 0 Å². The van der Waals surface area contributed by atoms with E-state index in [0.29, 0.717) is 46.7 Å². The summed E-state index contributed by atoms with van der Waals surface area (Å²) in [6, 6.07) is 10.0. The number of rotatable bonds is 8. The molecule has 2 fully saturated rings. The van der Waals surface area contributed by atoms with Gasteiger partial charge in [-0.05, 0) is 73.4 Å². The largest absolute Gasteiger partial charge is 0.395 e. The molecule has 0 atom stereocenters. The fourth-order valence-corrected chi connectivity index (χ4v) is 7.02. The van der Waals surface area contributed by atoms with E-state index in [2.05, 4.69) is 14.9 Å². The Labute approximate surface area is 217 Å². The molecule has 0 aromatic heterocycles. The predicted octanol–water partition coefficient (Wildman–Crippen LogP) is 2.38. The van der Waals surface area contributed by atoms with Crippen LogP contribution in [0, 0.1) is 5.41 Å². The molecule has 2 aromatic rings. The summed E-state index contributed by atoms with van der Waals surface area (Å²) in [6.07, 6.45) is 6.34. The number of nitrogens with zero attached hydrogens (tertiary/aromatic N) is 2. The topological polar surface area (TPSA) is 136 Å². The zero-order valence-electron chi connectivity index (χ0n) is 20.7. The van der Waals surface area contributed by atoms with Gasteiger partial charge < -0.3 is 15.3 Å². The number of sulfonamides is 2. The second-order valence-electron chi connectivity index (χ2n) is 10.2. The Balaban J connectivity index is 1.42. The molecule has 1 saturated heterocycles. The maximum atomic E-state index is 13.3. The first kappa shape index (κ1) is 25.8. The van der Waals surface area contributed by atoms with Crippen LogP contribution in [0.5, 0.6) is 0 Å². The average molecular weight is 549 g/mol. The Morgan fingerprint density at radius 2 is 1.70 bits per heavy atom. The third-order valence-electron chi connectivity index (χ3n) is 7.60. The summed E-state index contributed by atoms with van der Waals surface area (Å²) in [6.45, 7) is 1.48. The number of hydrogen-bond acceptors (Lipinski definition) is 7. The highest BCUT2D eigenvalue weighted by atomic mass is 32.2. The van der Waals surface area contributed by atoms with Gasteiger partial charge in [0.25, 0.3) is 5.91 Å². The normalized spacial score (nSPS) is 18.5. The van der Waals surface area contributed by atoms with Gasteiger partial charge in [0.15, 0.2) is 0 Å². The summed E-state index contributed by atoms with van der Waals surface area (Å²) in [4.78, 5) is 15.4. The minimum absolute atomic E-state index is 0.337. The number of amides is 1. The Hall–Kier alpha value is -2.83. The molecule has 200 valence electrons. The van der Waals surface area contributed by atoms with Gasteiger partial charge in [0.05, 0.1) is 41.4 Å². The van der Waals surface area contributed by atoms with Crippen LogP contribution in [0.2, 0.25) is 0 Å². The molecule has 3 N–H and O–H groups in total. The highest BCUT2D eigenvalue weighted by Crippen LogP contribution is 2.54. The number of hydrogen-bond donors (Lipinski definition) is 3. The van der Waals surface area contributed by atoms with Crippen LogP contribution >= 0.6 is 0 Å². The lowest BCUT2D eigenvalue weighted by atomic mass is 9.93. The van der Waals surface area contributed by atoms with E-state index in [-0.39, 0.29) is 5.91 Å². The van der Waals surface area contributed by atoms with E-state index < -0.39 is 32.4 Å². The molecule has 5 rings (SSSR count). The van der Waals surface area contributed by atoms with Crippen LogP contribution in [-0.2, 0) is 26.5 Å². The van der Waals surface area contributed by atoms with Gasteiger partial charge in [0.2, 0.25) is 20.0 Å². The summed E-state index contributed by atoms with van der Waals surface area (Å²) in [5.41, 5.74) is 3.79. The molecule has 0 bridgehead atoms. The molecule has 37 heavy (non-hydrogen) atoms. The van der Waals surface area contributed by atoms with Gasteiger partial charge in [-0.15, -0.1) is 0 Å². The van der Waals surface area contributed by atoms with E-state index in [1.807, 2.05) is 0 Å². The van der Waals surface area contributed by atoms with Crippen molar-refractivity contribution in [2.75, 3.05) is 57.5 Å². The third kappa shape index (κ3) is 5.55. The van der Waals surface area contributed by atoms with E-state index in [9.17, 15) is 21.6 Å². The van der Waals surface area contributed by atoms with Crippen molar-refractivity contribution in [3.05, 3.63) is 47.5 Å². The number of anilines is 4. The molecular weight excluding hydrogens is 516 g/mol. The van der Waals surface area contributed by atoms with Gasteiger partial charge in [-0.3, -0.25) is 13.8 Å². The van der Waals surface area contributed by atoms with Crippen molar-refractivity contribution in [3.63, 3.8) is 0 Å². The zero-order chi connectivity index (χ0) is 26.4. The molecule has 2 aromatic carbocycles. The Bertz CT molecular complexity index is 1430. The van der Waals surface area contributed by atoms with Crippen LogP contribution in [0.25, 0.3) is 0 Å². The van der Waals surface area contributed by atoms with Gasteiger partial charge >= 0.3 is 0 Å². The maximum Gasteiger partial charge on any atom is 0.255 e. The first-order valence-corrected chi connectivity index (χ1v) is 15.9.